The molecule has 0 spiro atoms. The molecule has 2 fully saturated rings. The number of nitrogens with one attached hydrogen (secondary N) is 2. The van der Waals surface area contributed by atoms with Crippen molar-refractivity contribution in [2.24, 2.45) is 5.92 Å². The lowest BCUT2D eigenvalue weighted by Gasteiger charge is -2.29. The highest BCUT2D eigenvalue weighted by Crippen LogP contribution is 2.36. The Labute approximate surface area is 191 Å². The van der Waals surface area contributed by atoms with Gasteiger partial charge >= 0.3 is 0 Å². The standard InChI is InChI=1S/C23H28ClN5O3/c24-18-13-25-20(11-16(18)17-12-26-29-9-2-1-6-19(17)29)28-21(30)14-4-3-5-15(10-14)27-22(31)23(32)7-8-23/h11-15,32H,1-10H2,(H,27,31)(H,25,28,30)/t14-,15-/m1/s1. The summed E-state index contributed by atoms with van der Waals surface area (Å²) in [6, 6.07) is 1.72. The van der Waals surface area contributed by atoms with Crippen LogP contribution in [0.25, 0.3) is 11.1 Å². The number of aromatic nitrogens is 3. The monoisotopic (exact) mass is 457 g/mol. The number of carbonyl (C=O) groups excluding carboxylic acids is 2. The molecule has 2 saturated carbocycles. The van der Waals surface area contributed by atoms with Gasteiger partial charge in [0.05, 0.1) is 11.2 Å². The molecule has 0 radical (unpaired) electrons. The number of fused-ring (bicyclic) bond motifs is 1. The maximum absolute atomic E-state index is 13.0. The van der Waals surface area contributed by atoms with Crippen LogP contribution in [0.4, 0.5) is 5.82 Å². The quantitative estimate of drug-likeness (QED) is 0.639. The van der Waals surface area contributed by atoms with Gasteiger partial charge in [-0.1, -0.05) is 18.0 Å². The lowest BCUT2D eigenvalue weighted by atomic mass is 9.85. The van der Waals surface area contributed by atoms with E-state index in [-0.39, 0.29) is 23.8 Å². The van der Waals surface area contributed by atoms with E-state index in [1.807, 2.05) is 16.9 Å². The molecule has 5 rings (SSSR count). The van der Waals surface area contributed by atoms with E-state index in [1.165, 1.54) is 5.69 Å². The van der Waals surface area contributed by atoms with Crippen LogP contribution in [0, 0.1) is 5.92 Å². The molecule has 32 heavy (non-hydrogen) atoms. The van der Waals surface area contributed by atoms with Gasteiger partial charge in [0.25, 0.3) is 5.91 Å². The highest BCUT2D eigenvalue weighted by Gasteiger charge is 2.48. The highest BCUT2D eigenvalue weighted by atomic mass is 35.5. The molecule has 0 aromatic carbocycles. The SMILES string of the molecule is O=C(Nc1cc(-c2cnn3c2CCCC3)c(Cl)cn1)[C@@H]1CCC[C@@H](NC(=O)C2(O)CC2)C1. The Morgan fingerprint density at radius 1 is 1.16 bits per heavy atom. The average molecular weight is 458 g/mol. The number of hydrogen-bond donors (Lipinski definition) is 3. The van der Waals surface area contributed by atoms with Crippen molar-refractivity contribution < 1.29 is 14.7 Å². The third-order valence-corrected chi connectivity index (χ3v) is 7.21. The second kappa shape index (κ2) is 8.48. The van der Waals surface area contributed by atoms with Crippen LogP contribution >= 0.6 is 11.6 Å². The number of amides is 2. The summed E-state index contributed by atoms with van der Waals surface area (Å²) >= 11 is 6.45. The first kappa shape index (κ1) is 21.4. The number of carbonyl (C=O) groups is 2. The van der Waals surface area contributed by atoms with E-state index in [0.29, 0.717) is 30.1 Å². The lowest BCUT2D eigenvalue weighted by Crippen LogP contribution is -2.45. The van der Waals surface area contributed by atoms with Crippen molar-refractivity contribution >= 4 is 29.2 Å². The number of pyridine rings is 1. The van der Waals surface area contributed by atoms with Crippen molar-refractivity contribution in [2.75, 3.05) is 5.32 Å². The molecule has 170 valence electrons. The van der Waals surface area contributed by atoms with Gasteiger partial charge in [0.15, 0.2) is 0 Å². The molecule has 9 heteroatoms. The van der Waals surface area contributed by atoms with Gasteiger partial charge in [-0.2, -0.15) is 5.10 Å². The van der Waals surface area contributed by atoms with Crippen LogP contribution < -0.4 is 10.6 Å². The average Bonchev–Trinajstić information content (AvgIpc) is 3.41. The zero-order valence-electron chi connectivity index (χ0n) is 17.9. The van der Waals surface area contributed by atoms with Gasteiger partial charge < -0.3 is 15.7 Å². The smallest absolute Gasteiger partial charge is 0.252 e. The first-order valence-corrected chi connectivity index (χ1v) is 11.9. The summed E-state index contributed by atoms with van der Waals surface area (Å²) in [6.07, 6.45) is 10.6. The fourth-order valence-electron chi connectivity index (χ4n) is 4.81. The van der Waals surface area contributed by atoms with Crippen LogP contribution in [-0.4, -0.2) is 43.3 Å². The largest absolute Gasteiger partial charge is 0.380 e. The maximum atomic E-state index is 13.0. The Morgan fingerprint density at radius 2 is 2.00 bits per heavy atom. The van der Waals surface area contributed by atoms with Gasteiger partial charge in [-0.15, -0.1) is 0 Å². The topological polar surface area (TPSA) is 109 Å². The number of aryl methyl sites for hydroxylation is 1. The predicted molar refractivity (Wildman–Crippen MR) is 120 cm³/mol. The fourth-order valence-corrected chi connectivity index (χ4v) is 5.02. The van der Waals surface area contributed by atoms with Crippen molar-refractivity contribution in [3.8, 4) is 11.1 Å². The third kappa shape index (κ3) is 4.26. The van der Waals surface area contributed by atoms with Crippen molar-refractivity contribution in [3.05, 3.63) is 29.2 Å². The van der Waals surface area contributed by atoms with Gasteiger partial charge in [0.1, 0.15) is 11.4 Å². The molecule has 2 aromatic heterocycles. The van der Waals surface area contributed by atoms with E-state index in [2.05, 4.69) is 20.7 Å². The van der Waals surface area contributed by atoms with Gasteiger partial charge in [-0.25, -0.2) is 4.98 Å². The normalized spacial score (nSPS) is 23.8. The molecule has 0 unspecified atom stereocenters. The number of halogens is 1. The molecular weight excluding hydrogens is 430 g/mol. The van der Waals surface area contributed by atoms with Crippen LogP contribution in [0.5, 0.6) is 0 Å². The minimum Gasteiger partial charge on any atom is -0.380 e. The van der Waals surface area contributed by atoms with E-state index < -0.39 is 5.60 Å². The second-order valence-electron chi connectivity index (χ2n) is 9.29. The molecular formula is C23H28ClN5O3. The summed E-state index contributed by atoms with van der Waals surface area (Å²) < 4.78 is 2.03. The highest BCUT2D eigenvalue weighted by molar-refractivity contribution is 6.33. The predicted octanol–water partition coefficient (Wildman–Crippen LogP) is 3.07. The number of rotatable bonds is 5. The molecule has 2 atom stereocenters. The molecule has 1 aliphatic heterocycles. The number of hydrogen-bond acceptors (Lipinski definition) is 5. The summed E-state index contributed by atoms with van der Waals surface area (Å²) in [4.78, 5) is 29.4. The molecule has 3 aliphatic rings. The van der Waals surface area contributed by atoms with E-state index in [0.717, 1.165) is 56.2 Å². The molecule has 0 saturated heterocycles. The molecule has 0 bridgehead atoms. The molecule has 3 heterocycles. The Bertz CT molecular complexity index is 1050. The molecule has 2 aliphatic carbocycles. The fraction of sp³-hybridized carbons (Fsp3) is 0.565. The molecule has 3 N–H and O–H groups in total. The van der Waals surface area contributed by atoms with Crippen LogP contribution in [0.15, 0.2) is 18.5 Å². The van der Waals surface area contributed by atoms with E-state index in [9.17, 15) is 14.7 Å². The van der Waals surface area contributed by atoms with Crippen molar-refractivity contribution in [1.82, 2.24) is 20.1 Å². The summed E-state index contributed by atoms with van der Waals surface area (Å²) in [6.45, 7) is 0.915. The van der Waals surface area contributed by atoms with Crippen molar-refractivity contribution in [2.45, 2.75) is 76.0 Å². The van der Waals surface area contributed by atoms with Crippen LogP contribution in [-0.2, 0) is 22.6 Å². The lowest BCUT2D eigenvalue weighted by molar-refractivity contribution is -0.133. The van der Waals surface area contributed by atoms with Gasteiger partial charge in [-0.05, 0) is 57.4 Å². The van der Waals surface area contributed by atoms with Gasteiger partial charge in [0, 0.05) is 41.5 Å². The van der Waals surface area contributed by atoms with Crippen molar-refractivity contribution in [1.29, 1.82) is 0 Å². The summed E-state index contributed by atoms with van der Waals surface area (Å²) in [5, 5.41) is 20.9. The summed E-state index contributed by atoms with van der Waals surface area (Å²) in [7, 11) is 0. The first-order valence-electron chi connectivity index (χ1n) is 11.5. The molecule has 2 amide bonds. The zero-order chi connectivity index (χ0) is 22.3. The Morgan fingerprint density at radius 3 is 2.81 bits per heavy atom. The molecule has 2 aromatic rings. The van der Waals surface area contributed by atoms with Gasteiger partial charge in [-0.3, -0.25) is 14.3 Å². The number of aliphatic hydroxyl groups is 1. The molecule has 8 nitrogen and oxygen atoms in total. The van der Waals surface area contributed by atoms with E-state index in [1.54, 1.807) is 6.20 Å². The summed E-state index contributed by atoms with van der Waals surface area (Å²) in [5.74, 6) is -0.166. The van der Waals surface area contributed by atoms with Crippen molar-refractivity contribution in [3.63, 3.8) is 0 Å². The van der Waals surface area contributed by atoms with E-state index in [4.69, 9.17) is 11.6 Å². The minimum atomic E-state index is -1.19. The van der Waals surface area contributed by atoms with Gasteiger partial charge in [0.2, 0.25) is 5.91 Å². The Hall–Kier alpha value is -2.45. The Kier molecular flexibility index (Phi) is 5.67. The Balaban J connectivity index is 1.27. The van der Waals surface area contributed by atoms with Crippen LogP contribution in [0.2, 0.25) is 5.02 Å². The van der Waals surface area contributed by atoms with Crippen LogP contribution in [0.1, 0.15) is 57.1 Å². The third-order valence-electron chi connectivity index (χ3n) is 6.91. The summed E-state index contributed by atoms with van der Waals surface area (Å²) in [5.41, 5.74) is 1.80. The second-order valence-corrected chi connectivity index (χ2v) is 9.70. The van der Waals surface area contributed by atoms with Crippen LogP contribution in [0.3, 0.4) is 0 Å². The zero-order valence-corrected chi connectivity index (χ0v) is 18.7. The number of nitrogens with zero attached hydrogens (tertiary/aromatic N) is 3. The number of anilines is 1. The van der Waals surface area contributed by atoms with E-state index >= 15 is 0 Å². The maximum Gasteiger partial charge on any atom is 0.252 e. The minimum absolute atomic E-state index is 0.0932. The first-order chi connectivity index (χ1) is 15.4.